The minimum Gasteiger partial charge on any atom is -0.395 e. The van der Waals surface area contributed by atoms with Gasteiger partial charge < -0.3 is 5.11 Å². The number of aliphatic hydroxyl groups excluding tert-OH is 1. The molecule has 0 spiro atoms. The zero-order chi connectivity index (χ0) is 12.1. The average molecular weight is 256 g/mol. The van der Waals surface area contributed by atoms with E-state index >= 15 is 0 Å². The first-order valence-corrected chi connectivity index (χ1v) is 6.31. The molecule has 0 aliphatic carbocycles. The highest BCUT2D eigenvalue weighted by molar-refractivity contribution is 6.31. The van der Waals surface area contributed by atoms with Gasteiger partial charge in [-0.2, -0.15) is 0 Å². The molecule has 0 saturated carbocycles. The number of aliphatic hydroxyl groups is 1. The number of nitrogens with zero attached hydrogens (tertiary/aromatic N) is 3. The van der Waals surface area contributed by atoms with Crippen molar-refractivity contribution in [3.8, 4) is 0 Å². The first kappa shape index (κ1) is 12.8. The summed E-state index contributed by atoms with van der Waals surface area (Å²) in [5.74, 6) is 0. The molecule has 0 aromatic carbocycles. The van der Waals surface area contributed by atoms with Gasteiger partial charge in [-0.25, -0.2) is 0 Å². The van der Waals surface area contributed by atoms with Crippen LogP contribution in [0.15, 0.2) is 18.5 Å². The van der Waals surface area contributed by atoms with Crippen molar-refractivity contribution < 1.29 is 5.11 Å². The summed E-state index contributed by atoms with van der Waals surface area (Å²) in [5, 5.41) is 9.62. The number of halogens is 1. The molecule has 0 bridgehead atoms. The summed E-state index contributed by atoms with van der Waals surface area (Å²) >= 11 is 6.09. The Bertz CT molecular complexity index is 353. The van der Waals surface area contributed by atoms with E-state index in [0.29, 0.717) is 0 Å². The Morgan fingerprint density at radius 3 is 2.59 bits per heavy atom. The van der Waals surface area contributed by atoms with Crippen LogP contribution in [0.4, 0.5) is 0 Å². The molecule has 0 radical (unpaired) electrons. The lowest BCUT2D eigenvalue weighted by Crippen LogP contribution is -2.46. The highest BCUT2D eigenvalue weighted by Crippen LogP contribution is 2.16. The van der Waals surface area contributed by atoms with Crippen molar-refractivity contribution >= 4 is 11.6 Å². The quantitative estimate of drug-likeness (QED) is 0.866. The van der Waals surface area contributed by atoms with Gasteiger partial charge in [-0.3, -0.25) is 14.8 Å². The van der Waals surface area contributed by atoms with Crippen LogP contribution in [0.25, 0.3) is 0 Å². The van der Waals surface area contributed by atoms with E-state index in [0.717, 1.165) is 49.9 Å². The third-order valence-corrected chi connectivity index (χ3v) is 3.47. The summed E-state index contributed by atoms with van der Waals surface area (Å²) in [6, 6.07) is 1.97. The van der Waals surface area contributed by atoms with Crippen molar-refractivity contribution in [2.45, 2.75) is 6.54 Å². The predicted octanol–water partition coefficient (Wildman–Crippen LogP) is 0.845. The lowest BCUT2D eigenvalue weighted by Gasteiger charge is -2.34. The summed E-state index contributed by atoms with van der Waals surface area (Å²) in [7, 11) is 0. The van der Waals surface area contributed by atoms with E-state index in [1.54, 1.807) is 12.4 Å². The van der Waals surface area contributed by atoms with E-state index in [4.69, 9.17) is 16.7 Å². The van der Waals surface area contributed by atoms with Crippen LogP contribution in [0.3, 0.4) is 0 Å². The number of hydrogen-bond acceptors (Lipinski definition) is 4. The fourth-order valence-electron chi connectivity index (χ4n) is 2.09. The van der Waals surface area contributed by atoms with Crippen LogP contribution in [-0.2, 0) is 6.54 Å². The second-order valence-corrected chi connectivity index (χ2v) is 4.72. The highest BCUT2D eigenvalue weighted by atomic mass is 35.5. The summed E-state index contributed by atoms with van der Waals surface area (Å²) in [6.45, 7) is 6.00. The van der Waals surface area contributed by atoms with E-state index in [-0.39, 0.29) is 6.61 Å². The molecule has 2 heterocycles. The first-order chi connectivity index (χ1) is 8.29. The number of hydrogen-bond donors (Lipinski definition) is 1. The molecular formula is C12H18ClN3O. The minimum absolute atomic E-state index is 0.246. The molecule has 1 N–H and O–H groups in total. The zero-order valence-corrected chi connectivity index (χ0v) is 10.6. The molecule has 1 saturated heterocycles. The number of rotatable bonds is 4. The largest absolute Gasteiger partial charge is 0.395 e. The molecule has 2 rings (SSSR count). The summed E-state index contributed by atoms with van der Waals surface area (Å²) in [6.07, 6.45) is 3.47. The van der Waals surface area contributed by atoms with Gasteiger partial charge in [-0.05, 0) is 11.6 Å². The Labute approximate surface area is 107 Å². The molecule has 5 heteroatoms. The molecule has 1 aromatic heterocycles. The maximum atomic E-state index is 8.88. The van der Waals surface area contributed by atoms with Gasteiger partial charge in [0.05, 0.1) is 11.6 Å². The fourth-order valence-corrected chi connectivity index (χ4v) is 2.26. The Morgan fingerprint density at radius 2 is 1.94 bits per heavy atom. The summed E-state index contributed by atoms with van der Waals surface area (Å²) in [5.41, 5.74) is 1.14. The molecule has 1 fully saturated rings. The SMILES string of the molecule is OCCN1CCN(Cc2ccncc2Cl)CC1. The van der Waals surface area contributed by atoms with Crippen LogP contribution in [0.5, 0.6) is 0 Å². The van der Waals surface area contributed by atoms with Gasteiger partial charge in [0.15, 0.2) is 0 Å². The van der Waals surface area contributed by atoms with Gasteiger partial charge in [0.2, 0.25) is 0 Å². The topological polar surface area (TPSA) is 39.6 Å². The van der Waals surface area contributed by atoms with E-state index < -0.39 is 0 Å². The van der Waals surface area contributed by atoms with Crippen LogP contribution >= 0.6 is 11.6 Å². The highest BCUT2D eigenvalue weighted by Gasteiger charge is 2.16. The third kappa shape index (κ3) is 3.64. The van der Waals surface area contributed by atoms with E-state index in [1.807, 2.05) is 6.07 Å². The molecular weight excluding hydrogens is 238 g/mol. The zero-order valence-electron chi connectivity index (χ0n) is 9.85. The molecule has 1 aliphatic rings. The normalized spacial score (nSPS) is 18.5. The van der Waals surface area contributed by atoms with Gasteiger partial charge in [-0.15, -0.1) is 0 Å². The molecule has 0 unspecified atom stereocenters. The lowest BCUT2D eigenvalue weighted by atomic mass is 10.2. The molecule has 1 aromatic rings. The van der Waals surface area contributed by atoms with Gasteiger partial charge in [0.25, 0.3) is 0 Å². The lowest BCUT2D eigenvalue weighted by molar-refractivity contribution is 0.108. The smallest absolute Gasteiger partial charge is 0.0634 e. The maximum Gasteiger partial charge on any atom is 0.0634 e. The predicted molar refractivity (Wildman–Crippen MR) is 68.0 cm³/mol. The maximum absolute atomic E-state index is 8.88. The van der Waals surface area contributed by atoms with Gasteiger partial charge in [0, 0.05) is 51.7 Å². The first-order valence-electron chi connectivity index (χ1n) is 5.93. The Morgan fingerprint density at radius 1 is 1.24 bits per heavy atom. The molecule has 0 amide bonds. The average Bonchev–Trinajstić information content (AvgIpc) is 2.35. The standard InChI is InChI=1S/C12H18ClN3O/c13-12-9-14-2-1-11(12)10-16-5-3-15(4-6-16)7-8-17/h1-2,9,17H,3-8,10H2. The van der Waals surface area contributed by atoms with Crippen molar-refractivity contribution in [2.75, 3.05) is 39.3 Å². The molecule has 94 valence electrons. The number of pyridine rings is 1. The van der Waals surface area contributed by atoms with Crippen molar-refractivity contribution in [1.82, 2.24) is 14.8 Å². The van der Waals surface area contributed by atoms with Crippen molar-refractivity contribution in [3.63, 3.8) is 0 Å². The van der Waals surface area contributed by atoms with E-state index in [9.17, 15) is 0 Å². The number of piperazine rings is 1. The molecule has 17 heavy (non-hydrogen) atoms. The van der Waals surface area contributed by atoms with Crippen LogP contribution in [0, 0.1) is 0 Å². The summed E-state index contributed by atoms with van der Waals surface area (Å²) < 4.78 is 0. The van der Waals surface area contributed by atoms with E-state index in [1.165, 1.54) is 0 Å². The number of β-amino-alcohol motifs (C(OH)–C–C–N with tert-alkyl or cyclic N) is 1. The van der Waals surface area contributed by atoms with Gasteiger partial charge in [-0.1, -0.05) is 11.6 Å². The fraction of sp³-hybridized carbons (Fsp3) is 0.583. The Balaban J connectivity index is 1.84. The van der Waals surface area contributed by atoms with E-state index in [2.05, 4.69) is 14.8 Å². The van der Waals surface area contributed by atoms with Crippen molar-refractivity contribution in [3.05, 3.63) is 29.0 Å². The monoisotopic (exact) mass is 255 g/mol. The summed E-state index contributed by atoms with van der Waals surface area (Å²) in [4.78, 5) is 8.65. The second-order valence-electron chi connectivity index (χ2n) is 4.31. The Hall–Kier alpha value is -0.680. The number of aromatic nitrogens is 1. The van der Waals surface area contributed by atoms with Gasteiger partial charge >= 0.3 is 0 Å². The third-order valence-electron chi connectivity index (χ3n) is 3.13. The Kier molecular flexibility index (Phi) is 4.74. The van der Waals surface area contributed by atoms with Crippen molar-refractivity contribution in [2.24, 2.45) is 0 Å². The van der Waals surface area contributed by atoms with Crippen LogP contribution < -0.4 is 0 Å². The molecule has 0 atom stereocenters. The molecule has 4 nitrogen and oxygen atoms in total. The second kappa shape index (κ2) is 6.31. The van der Waals surface area contributed by atoms with Crippen LogP contribution in [0.1, 0.15) is 5.56 Å². The minimum atomic E-state index is 0.246. The van der Waals surface area contributed by atoms with Crippen LogP contribution in [0.2, 0.25) is 5.02 Å². The molecule has 1 aliphatic heterocycles. The van der Waals surface area contributed by atoms with Gasteiger partial charge in [0.1, 0.15) is 0 Å². The van der Waals surface area contributed by atoms with Crippen LogP contribution in [-0.4, -0.2) is 59.2 Å². The van der Waals surface area contributed by atoms with Crippen molar-refractivity contribution in [1.29, 1.82) is 0 Å².